The summed E-state index contributed by atoms with van der Waals surface area (Å²) in [4.78, 5) is 30.0. The summed E-state index contributed by atoms with van der Waals surface area (Å²) in [5.74, 6) is -0.148. The molecule has 0 spiro atoms. The number of thiophene rings is 1. The van der Waals surface area contributed by atoms with Gasteiger partial charge in [-0.2, -0.15) is 0 Å². The molecule has 0 saturated carbocycles. The fourth-order valence-electron chi connectivity index (χ4n) is 2.26. The van der Waals surface area contributed by atoms with Gasteiger partial charge in [-0.15, -0.1) is 22.7 Å². The number of nitrogens with zero attached hydrogens (tertiary/aromatic N) is 1. The van der Waals surface area contributed by atoms with Gasteiger partial charge in [-0.05, 0) is 49.1 Å². The Morgan fingerprint density at radius 1 is 1.15 bits per heavy atom. The number of nitrogens with one attached hydrogen (secondary N) is 2. The maximum Gasteiger partial charge on any atom is 0.261 e. The third kappa shape index (κ3) is 6.20. The highest BCUT2D eigenvalue weighted by atomic mass is 32.2. The van der Waals surface area contributed by atoms with E-state index in [0.717, 1.165) is 20.6 Å². The van der Waals surface area contributed by atoms with E-state index in [4.69, 9.17) is 0 Å². The molecule has 0 aliphatic carbocycles. The minimum Gasteiger partial charge on any atom is -0.351 e. The molecule has 0 saturated heterocycles. The highest BCUT2D eigenvalue weighted by Gasteiger charge is 2.07. The zero-order valence-electron chi connectivity index (χ0n) is 14.7. The predicted octanol–water partition coefficient (Wildman–Crippen LogP) is 4.81. The van der Waals surface area contributed by atoms with Gasteiger partial charge in [-0.1, -0.05) is 17.8 Å². The Hall–Kier alpha value is -2.16. The molecular formula is C19H19N3O2S3. The van der Waals surface area contributed by atoms with Crippen LogP contribution in [0.5, 0.6) is 0 Å². The first kappa shape index (κ1) is 19.6. The van der Waals surface area contributed by atoms with Crippen LogP contribution in [0.2, 0.25) is 0 Å². The fraction of sp³-hybridized carbons (Fsp3) is 0.211. The molecule has 0 aliphatic heterocycles. The Morgan fingerprint density at radius 3 is 2.63 bits per heavy atom. The number of rotatable bonds is 8. The van der Waals surface area contributed by atoms with Crippen LogP contribution in [-0.2, 0) is 4.79 Å². The topological polar surface area (TPSA) is 71.1 Å². The zero-order valence-corrected chi connectivity index (χ0v) is 17.2. The number of aryl methyl sites for hydroxylation is 1. The van der Waals surface area contributed by atoms with Gasteiger partial charge >= 0.3 is 0 Å². The molecule has 0 fully saturated rings. The van der Waals surface area contributed by atoms with Gasteiger partial charge < -0.3 is 10.6 Å². The van der Waals surface area contributed by atoms with E-state index in [-0.39, 0.29) is 11.8 Å². The lowest BCUT2D eigenvalue weighted by atomic mass is 10.2. The number of carbonyl (C=O) groups is 2. The average molecular weight is 418 g/mol. The highest BCUT2D eigenvalue weighted by Crippen LogP contribution is 2.30. The molecule has 2 N–H and O–H groups in total. The molecule has 2 aromatic heterocycles. The number of aromatic nitrogens is 1. The van der Waals surface area contributed by atoms with Crippen molar-refractivity contribution in [2.24, 2.45) is 0 Å². The summed E-state index contributed by atoms with van der Waals surface area (Å²) in [5.41, 5.74) is 1.79. The Kier molecular flexibility index (Phi) is 7.03. The van der Waals surface area contributed by atoms with E-state index in [9.17, 15) is 9.59 Å². The molecule has 3 aromatic rings. The number of hydrogen-bond donors (Lipinski definition) is 2. The van der Waals surface area contributed by atoms with E-state index in [2.05, 4.69) is 15.6 Å². The molecule has 5 nitrogen and oxygen atoms in total. The van der Waals surface area contributed by atoms with Gasteiger partial charge in [0, 0.05) is 34.6 Å². The second-order valence-corrected chi connectivity index (χ2v) is 8.89. The van der Waals surface area contributed by atoms with Crippen LogP contribution in [0.4, 0.5) is 5.69 Å². The first-order chi connectivity index (χ1) is 13.1. The van der Waals surface area contributed by atoms with Crippen molar-refractivity contribution < 1.29 is 9.59 Å². The molecule has 0 unspecified atom stereocenters. The molecule has 0 aliphatic rings. The van der Waals surface area contributed by atoms with Gasteiger partial charge in [0.25, 0.3) is 5.91 Å². The number of hydrogen-bond acceptors (Lipinski definition) is 6. The Balaban J connectivity index is 1.38. The fourth-order valence-corrected chi connectivity index (χ4v) is 4.71. The highest BCUT2D eigenvalue weighted by molar-refractivity contribution is 8.01. The molecule has 27 heavy (non-hydrogen) atoms. The van der Waals surface area contributed by atoms with E-state index < -0.39 is 0 Å². The average Bonchev–Trinajstić information content (AvgIpc) is 3.32. The van der Waals surface area contributed by atoms with Crippen molar-refractivity contribution >= 4 is 51.9 Å². The third-order valence-corrected chi connectivity index (χ3v) is 6.49. The molecular weight excluding hydrogens is 398 g/mol. The first-order valence-corrected chi connectivity index (χ1v) is 11.0. The second kappa shape index (κ2) is 9.68. The molecule has 0 radical (unpaired) electrons. The van der Waals surface area contributed by atoms with Gasteiger partial charge in [0.05, 0.1) is 4.88 Å². The molecule has 2 amide bonds. The van der Waals surface area contributed by atoms with Gasteiger partial charge in [-0.3, -0.25) is 9.59 Å². The molecule has 8 heteroatoms. The second-order valence-electron chi connectivity index (χ2n) is 5.77. The van der Waals surface area contributed by atoms with Gasteiger partial charge in [-0.25, -0.2) is 4.98 Å². The molecule has 1 aromatic carbocycles. The normalized spacial score (nSPS) is 10.6. The smallest absolute Gasteiger partial charge is 0.261 e. The van der Waals surface area contributed by atoms with E-state index in [1.165, 1.54) is 11.3 Å². The molecule has 0 atom stereocenters. The van der Waals surface area contributed by atoms with Crippen LogP contribution >= 0.6 is 34.4 Å². The monoisotopic (exact) mass is 417 g/mol. The third-order valence-electron chi connectivity index (χ3n) is 3.55. The van der Waals surface area contributed by atoms with Crippen LogP contribution in [0.3, 0.4) is 0 Å². The van der Waals surface area contributed by atoms with E-state index in [1.54, 1.807) is 29.2 Å². The summed E-state index contributed by atoms with van der Waals surface area (Å²) < 4.78 is 1.01. The summed E-state index contributed by atoms with van der Waals surface area (Å²) in [6.07, 6.45) is 0.958. The maximum atomic E-state index is 12.0. The van der Waals surface area contributed by atoms with E-state index >= 15 is 0 Å². The van der Waals surface area contributed by atoms with Crippen molar-refractivity contribution in [1.82, 2.24) is 10.3 Å². The molecule has 0 bridgehead atoms. The van der Waals surface area contributed by atoms with Crippen LogP contribution in [0.1, 0.15) is 28.2 Å². The maximum absolute atomic E-state index is 12.0. The summed E-state index contributed by atoms with van der Waals surface area (Å²) >= 11 is 4.64. The van der Waals surface area contributed by atoms with Crippen molar-refractivity contribution in [2.45, 2.75) is 29.0 Å². The Bertz CT molecular complexity index is 889. The SMILES string of the molecule is Cc1csc(Sc2ccc(NC(=O)CCCNC(=O)c3cccs3)cc2)n1. The summed E-state index contributed by atoms with van der Waals surface area (Å²) in [6.45, 7) is 2.46. The van der Waals surface area contributed by atoms with Crippen LogP contribution in [0, 0.1) is 6.92 Å². The van der Waals surface area contributed by atoms with E-state index in [1.807, 2.05) is 48.0 Å². The van der Waals surface area contributed by atoms with Crippen LogP contribution in [0.25, 0.3) is 0 Å². The first-order valence-electron chi connectivity index (χ1n) is 8.42. The standard InChI is InChI=1S/C19H19N3O2S3/c1-13-12-26-19(21-13)27-15-8-6-14(7-9-15)22-17(23)5-2-10-20-18(24)16-4-3-11-25-16/h3-4,6-9,11-12H,2,5,10H2,1H3,(H,20,24)(H,22,23). The number of carbonyl (C=O) groups excluding carboxylic acids is 2. The van der Waals surface area contributed by atoms with Crippen molar-refractivity contribution in [1.29, 1.82) is 0 Å². The predicted molar refractivity (Wildman–Crippen MR) is 112 cm³/mol. The summed E-state index contributed by atoms with van der Waals surface area (Å²) in [7, 11) is 0. The van der Waals surface area contributed by atoms with Crippen molar-refractivity contribution in [2.75, 3.05) is 11.9 Å². The van der Waals surface area contributed by atoms with Crippen LogP contribution in [-0.4, -0.2) is 23.3 Å². The largest absolute Gasteiger partial charge is 0.351 e. The van der Waals surface area contributed by atoms with Crippen LogP contribution in [0.15, 0.2) is 56.4 Å². The van der Waals surface area contributed by atoms with Gasteiger partial charge in [0.2, 0.25) is 5.91 Å². The van der Waals surface area contributed by atoms with E-state index in [0.29, 0.717) is 24.3 Å². The van der Waals surface area contributed by atoms with Crippen molar-refractivity contribution in [3.63, 3.8) is 0 Å². The number of benzene rings is 1. The lowest BCUT2D eigenvalue weighted by Crippen LogP contribution is -2.24. The quantitative estimate of drug-likeness (QED) is 0.516. The summed E-state index contributed by atoms with van der Waals surface area (Å²) in [6, 6.07) is 11.3. The lowest BCUT2D eigenvalue weighted by Gasteiger charge is -2.07. The minimum absolute atomic E-state index is 0.0590. The van der Waals surface area contributed by atoms with Crippen LogP contribution < -0.4 is 10.6 Å². The van der Waals surface area contributed by atoms with Crippen molar-refractivity contribution in [3.05, 3.63) is 57.7 Å². The van der Waals surface area contributed by atoms with Crippen molar-refractivity contribution in [3.8, 4) is 0 Å². The molecule has 2 heterocycles. The van der Waals surface area contributed by atoms with Gasteiger partial charge in [0.15, 0.2) is 4.34 Å². The molecule has 140 valence electrons. The Labute approximate surface area is 170 Å². The Morgan fingerprint density at radius 2 is 1.96 bits per heavy atom. The summed E-state index contributed by atoms with van der Waals surface area (Å²) in [5, 5.41) is 9.59. The number of thiazole rings is 1. The van der Waals surface area contributed by atoms with Gasteiger partial charge in [0.1, 0.15) is 0 Å². The number of anilines is 1. The number of amides is 2. The lowest BCUT2D eigenvalue weighted by molar-refractivity contribution is -0.116. The molecule has 3 rings (SSSR count). The zero-order chi connectivity index (χ0) is 19.1. The minimum atomic E-state index is -0.0890.